The van der Waals surface area contributed by atoms with Crippen LogP contribution in [0.25, 0.3) is 6.08 Å². The van der Waals surface area contributed by atoms with Crippen LogP contribution in [-0.2, 0) is 22.4 Å². The van der Waals surface area contributed by atoms with Crippen molar-refractivity contribution < 1.29 is 27.5 Å². The zero-order valence-electron chi connectivity index (χ0n) is 16.4. The summed E-state index contributed by atoms with van der Waals surface area (Å²) in [6.07, 6.45) is -2.89. The standard InChI is InChI=1S/C24H15ClF3NO3/c25-21-4-2-1-3-17(21)14-31-19-11-5-15(6-12-19)13-20-22(29-32-23(20)30)16-7-9-18(10-8-16)24(26,27)28/h1-13H,14H2/b20-13-. The summed E-state index contributed by atoms with van der Waals surface area (Å²) in [5, 5.41) is 4.34. The molecule has 1 heterocycles. The lowest BCUT2D eigenvalue weighted by atomic mass is 9.99. The van der Waals surface area contributed by atoms with E-state index in [0.717, 1.165) is 17.7 Å². The number of ether oxygens (including phenoxy) is 1. The van der Waals surface area contributed by atoms with E-state index >= 15 is 0 Å². The molecule has 3 aromatic carbocycles. The Morgan fingerprint density at radius 1 is 0.969 bits per heavy atom. The zero-order chi connectivity index (χ0) is 22.7. The van der Waals surface area contributed by atoms with Crippen LogP contribution in [0.4, 0.5) is 13.2 Å². The SMILES string of the molecule is O=C1ON=C(c2ccc(C(F)(F)F)cc2)/C1=C/c1ccc(OCc2ccccc2Cl)cc1. The molecule has 32 heavy (non-hydrogen) atoms. The van der Waals surface area contributed by atoms with Crippen LogP contribution in [0.1, 0.15) is 22.3 Å². The highest BCUT2D eigenvalue weighted by molar-refractivity contribution is 6.31. The van der Waals surface area contributed by atoms with Gasteiger partial charge >= 0.3 is 12.1 Å². The number of carbonyl (C=O) groups excluding carboxylic acids is 1. The molecule has 4 nitrogen and oxygen atoms in total. The first-order chi connectivity index (χ1) is 15.3. The van der Waals surface area contributed by atoms with Crippen molar-refractivity contribution in [3.05, 3.63) is 106 Å². The number of hydrogen-bond donors (Lipinski definition) is 0. The molecular formula is C24H15ClF3NO3. The van der Waals surface area contributed by atoms with Crippen molar-refractivity contribution in [3.8, 4) is 5.75 Å². The van der Waals surface area contributed by atoms with Crippen LogP contribution in [0.2, 0.25) is 5.02 Å². The van der Waals surface area contributed by atoms with Crippen LogP contribution in [0.3, 0.4) is 0 Å². The van der Waals surface area contributed by atoms with Gasteiger partial charge in [-0.15, -0.1) is 0 Å². The van der Waals surface area contributed by atoms with Crippen molar-refractivity contribution in [1.29, 1.82) is 0 Å². The first kappa shape index (κ1) is 21.6. The first-order valence-electron chi connectivity index (χ1n) is 9.46. The fourth-order valence-corrected chi connectivity index (χ4v) is 3.23. The molecule has 0 radical (unpaired) electrons. The van der Waals surface area contributed by atoms with Crippen molar-refractivity contribution in [1.82, 2.24) is 0 Å². The van der Waals surface area contributed by atoms with Crippen molar-refractivity contribution in [2.75, 3.05) is 0 Å². The molecule has 0 aliphatic carbocycles. The van der Waals surface area contributed by atoms with Gasteiger partial charge in [-0.1, -0.05) is 59.2 Å². The Morgan fingerprint density at radius 2 is 1.66 bits per heavy atom. The van der Waals surface area contributed by atoms with Gasteiger partial charge in [-0.05, 0) is 42.0 Å². The molecule has 3 aromatic rings. The number of carbonyl (C=O) groups is 1. The first-order valence-corrected chi connectivity index (χ1v) is 9.84. The summed E-state index contributed by atoms with van der Waals surface area (Å²) in [5.74, 6) is -0.0726. The number of rotatable bonds is 5. The topological polar surface area (TPSA) is 47.9 Å². The van der Waals surface area contributed by atoms with Crippen molar-refractivity contribution in [2.45, 2.75) is 12.8 Å². The number of benzene rings is 3. The lowest BCUT2D eigenvalue weighted by Crippen LogP contribution is -2.09. The molecule has 1 aliphatic heterocycles. The van der Waals surface area contributed by atoms with Gasteiger partial charge < -0.3 is 9.57 Å². The highest BCUT2D eigenvalue weighted by Crippen LogP contribution is 2.30. The number of alkyl halides is 3. The molecule has 0 fully saturated rings. The van der Waals surface area contributed by atoms with Gasteiger partial charge in [-0.3, -0.25) is 0 Å². The summed E-state index contributed by atoms with van der Waals surface area (Å²) >= 11 is 6.12. The molecule has 0 spiro atoms. The predicted octanol–water partition coefficient (Wildman–Crippen LogP) is 6.28. The predicted molar refractivity (Wildman–Crippen MR) is 114 cm³/mol. The van der Waals surface area contributed by atoms with Crippen LogP contribution in [0.5, 0.6) is 5.75 Å². The fraction of sp³-hybridized carbons (Fsp3) is 0.0833. The third kappa shape index (κ3) is 4.84. The molecule has 0 bridgehead atoms. The molecule has 4 rings (SSSR count). The molecule has 0 amide bonds. The normalized spacial score (nSPS) is 14.9. The third-order valence-corrected chi connectivity index (χ3v) is 5.09. The van der Waals surface area contributed by atoms with Gasteiger partial charge in [0.1, 0.15) is 18.1 Å². The second-order valence-corrected chi connectivity index (χ2v) is 7.31. The number of hydrogen-bond acceptors (Lipinski definition) is 4. The Labute approximate surface area is 186 Å². The third-order valence-electron chi connectivity index (χ3n) is 4.72. The van der Waals surface area contributed by atoms with E-state index in [0.29, 0.717) is 28.5 Å². The molecule has 8 heteroatoms. The maximum atomic E-state index is 12.8. The number of oxime groups is 1. The molecule has 0 unspecified atom stereocenters. The second-order valence-electron chi connectivity index (χ2n) is 6.90. The van der Waals surface area contributed by atoms with Crippen molar-refractivity contribution >= 4 is 29.4 Å². The molecule has 0 saturated heterocycles. The van der Waals surface area contributed by atoms with Crippen LogP contribution >= 0.6 is 11.6 Å². The van der Waals surface area contributed by atoms with Crippen molar-refractivity contribution in [3.63, 3.8) is 0 Å². The van der Waals surface area contributed by atoms with Gasteiger partial charge in [0.05, 0.1) is 11.1 Å². The lowest BCUT2D eigenvalue weighted by Gasteiger charge is -2.08. The van der Waals surface area contributed by atoms with Gasteiger partial charge in [0, 0.05) is 16.1 Å². The summed E-state index contributed by atoms with van der Waals surface area (Å²) in [6, 6.07) is 18.7. The summed E-state index contributed by atoms with van der Waals surface area (Å²) < 4.78 is 44.1. The summed E-state index contributed by atoms with van der Waals surface area (Å²) in [7, 11) is 0. The van der Waals surface area contributed by atoms with E-state index in [2.05, 4.69) is 5.16 Å². The van der Waals surface area contributed by atoms with Gasteiger partial charge in [-0.25, -0.2) is 4.79 Å². The maximum Gasteiger partial charge on any atom is 0.416 e. The Hall–Kier alpha value is -3.58. The average Bonchev–Trinajstić information content (AvgIpc) is 3.14. The van der Waals surface area contributed by atoms with Crippen LogP contribution in [-0.4, -0.2) is 11.7 Å². The molecule has 1 aliphatic rings. The van der Waals surface area contributed by atoms with E-state index in [9.17, 15) is 18.0 Å². The molecule has 0 N–H and O–H groups in total. The molecule has 162 valence electrons. The Morgan fingerprint density at radius 3 is 2.31 bits per heavy atom. The molecule has 0 atom stereocenters. The lowest BCUT2D eigenvalue weighted by molar-refractivity contribution is -0.138. The maximum absolute atomic E-state index is 12.8. The van der Waals surface area contributed by atoms with Gasteiger partial charge in [-0.2, -0.15) is 13.2 Å². The number of nitrogens with zero attached hydrogens (tertiary/aromatic N) is 1. The minimum atomic E-state index is -4.45. The van der Waals surface area contributed by atoms with E-state index in [1.54, 1.807) is 36.4 Å². The molecular weight excluding hydrogens is 443 g/mol. The summed E-state index contributed by atoms with van der Waals surface area (Å²) in [4.78, 5) is 16.9. The summed E-state index contributed by atoms with van der Waals surface area (Å²) in [6.45, 7) is 0.303. The van der Waals surface area contributed by atoms with Gasteiger partial charge in [0.15, 0.2) is 0 Å². The zero-order valence-corrected chi connectivity index (χ0v) is 17.2. The summed E-state index contributed by atoms with van der Waals surface area (Å²) in [5.41, 5.74) is 1.40. The second kappa shape index (κ2) is 8.88. The van der Waals surface area contributed by atoms with Gasteiger partial charge in [0.2, 0.25) is 0 Å². The van der Waals surface area contributed by atoms with Gasteiger partial charge in [0.25, 0.3) is 0 Å². The van der Waals surface area contributed by atoms with Crippen LogP contribution in [0.15, 0.2) is 83.5 Å². The minimum Gasteiger partial charge on any atom is -0.489 e. The van der Waals surface area contributed by atoms with E-state index in [1.807, 2.05) is 18.2 Å². The van der Waals surface area contributed by atoms with E-state index in [-0.39, 0.29) is 11.3 Å². The highest BCUT2D eigenvalue weighted by Gasteiger charge is 2.31. The molecule has 0 aromatic heterocycles. The van der Waals surface area contributed by atoms with Crippen LogP contribution in [0, 0.1) is 0 Å². The average molecular weight is 458 g/mol. The smallest absolute Gasteiger partial charge is 0.416 e. The molecule has 0 saturated carbocycles. The highest BCUT2D eigenvalue weighted by atomic mass is 35.5. The monoisotopic (exact) mass is 457 g/mol. The Kier molecular flexibility index (Phi) is 6.01. The largest absolute Gasteiger partial charge is 0.489 e. The van der Waals surface area contributed by atoms with E-state index in [4.69, 9.17) is 21.2 Å². The fourth-order valence-electron chi connectivity index (χ4n) is 3.04. The minimum absolute atomic E-state index is 0.148. The van der Waals surface area contributed by atoms with Crippen molar-refractivity contribution in [2.24, 2.45) is 5.16 Å². The Bertz CT molecular complexity index is 1200. The van der Waals surface area contributed by atoms with Crippen LogP contribution < -0.4 is 4.74 Å². The number of halogens is 4. The quantitative estimate of drug-likeness (QED) is 0.334. The van der Waals surface area contributed by atoms with E-state index < -0.39 is 17.7 Å². The Balaban J connectivity index is 1.50. The van der Waals surface area contributed by atoms with E-state index in [1.165, 1.54) is 12.1 Å².